The maximum absolute atomic E-state index is 13.7. The molecule has 2 aliphatic heterocycles. The first-order valence-corrected chi connectivity index (χ1v) is 10.8. The Bertz CT molecular complexity index is 1210. The molecule has 4 nitrogen and oxygen atoms in total. The number of hydrogen-bond acceptors (Lipinski definition) is 3. The van der Waals surface area contributed by atoms with Crippen molar-refractivity contribution in [1.82, 2.24) is 5.32 Å². The molecule has 1 unspecified atom stereocenters. The second-order valence-electron chi connectivity index (χ2n) is 7.39. The van der Waals surface area contributed by atoms with Crippen molar-refractivity contribution in [2.24, 2.45) is 4.99 Å². The first kappa shape index (κ1) is 19.9. The monoisotopic (exact) mass is 447 g/mol. The lowest BCUT2D eigenvalue weighted by atomic mass is 9.91. The van der Waals surface area contributed by atoms with Crippen molar-refractivity contribution < 1.29 is 4.79 Å². The van der Waals surface area contributed by atoms with E-state index in [2.05, 4.69) is 5.32 Å². The average Bonchev–Trinajstić information content (AvgIpc) is 2.93. The number of carbonyl (C=O) groups is 1. The molecule has 3 aromatic carbocycles. The lowest BCUT2D eigenvalue weighted by molar-refractivity contribution is -0.115. The minimum atomic E-state index is -0.431. The normalized spacial score (nSPS) is 18.4. The fraction of sp³-hybridized carbons (Fsp3) is 0.120. The summed E-state index contributed by atoms with van der Waals surface area (Å²) in [6, 6.07) is 24.6. The largest absolute Gasteiger partial charge is 0.378 e. The van der Waals surface area contributed by atoms with Gasteiger partial charge in [-0.3, -0.25) is 14.7 Å². The Morgan fingerprint density at radius 2 is 1.65 bits per heavy atom. The lowest BCUT2D eigenvalue weighted by Crippen LogP contribution is -2.33. The third kappa shape index (κ3) is 3.52. The van der Waals surface area contributed by atoms with E-state index >= 15 is 0 Å². The van der Waals surface area contributed by atoms with E-state index in [9.17, 15) is 4.79 Å². The van der Waals surface area contributed by atoms with Crippen LogP contribution in [0.15, 0.2) is 95.1 Å². The maximum Gasteiger partial charge on any atom is 0.275 e. The Hall–Kier alpha value is -3.08. The topological polar surface area (TPSA) is 44.7 Å². The average molecular weight is 448 g/mol. The number of para-hydroxylation sites is 1. The van der Waals surface area contributed by atoms with E-state index in [1.807, 2.05) is 66.7 Å². The summed E-state index contributed by atoms with van der Waals surface area (Å²) in [5.74, 6) is -0.0947. The van der Waals surface area contributed by atoms with Crippen LogP contribution in [0.1, 0.15) is 17.2 Å². The number of nitrogens with one attached hydrogen (secondary N) is 1. The highest BCUT2D eigenvalue weighted by atomic mass is 35.5. The highest BCUT2D eigenvalue weighted by molar-refractivity contribution is 6.35. The summed E-state index contributed by atoms with van der Waals surface area (Å²) < 4.78 is 0. The minimum Gasteiger partial charge on any atom is -0.378 e. The fourth-order valence-electron chi connectivity index (χ4n) is 4.19. The van der Waals surface area contributed by atoms with Crippen molar-refractivity contribution in [3.05, 3.63) is 111 Å². The molecule has 1 amide bonds. The molecular weight excluding hydrogens is 429 g/mol. The van der Waals surface area contributed by atoms with Gasteiger partial charge in [0.25, 0.3) is 5.91 Å². The van der Waals surface area contributed by atoms with Crippen molar-refractivity contribution in [2.45, 2.75) is 6.04 Å². The zero-order chi connectivity index (χ0) is 21.4. The van der Waals surface area contributed by atoms with E-state index in [4.69, 9.17) is 28.2 Å². The summed E-state index contributed by atoms with van der Waals surface area (Å²) in [7, 11) is 0. The van der Waals surface area contributed by atoms with Gasteiger partial charge in [-0.2, -0.15) is 0 Å². The summed E-state index contributed by atoms with van der Waals surface area (Å²) in [5, 5.41) is 4.39. The molecule has 0 saturated heterocycles. The predicted octanol–water partition coefficient (Wildman–Crippen LogP) is 5.43. The third-order valence-corrected chi connectivity index (χ3v) is 6.07. The van der Waals surface area contributed by atoms with Gasteiger partial charge in [-0.1, -0.05) is 77.8 Å². The fourth-order valence-corrected chi connectivity index (χ4v) is 4.70. The van der Waals surface area contributed by atoms with Gasteiger partial charge in [-0.15, -0.1) is 0 Å². The Balaban J connectivity index is 1.76. The molecule has 31 heavy (non-hydrogen) atoms. The standard InChI is InChI=1S/C25H19Cl2N3O/c26-17-11-12-19(20(27)15-17)24-21-22(16-7-3-1-4-8-16)28-13-14-29-23(21)25(31)30(24)18-9-5-2-6-10-18/h1-12,15,24,29H,13-14H2. The van der Waals surface area contributed by atoms with Crippen LogP contribution < -0.4 is 10.2 Å². The Morgan fingerprint density at radius 3 is 2.35 bits per heavy atom. The van der Waals surface area contributed by atoms with Crippen molar-refractivity contribution in [1.29, 1.82) is 0 Å². The summed E-state index contributed by atoms with van der Waals surface area (Å²) in [4.78, 5) is 20.4. The van der Waals surface area contributed by atoms with E-state index in [1.54, 1.807) is 17.0 Å². The number of aliphatic imine (C=N–C) groups is 1. The van der Waals surface area contributed by atoms with Crippen LogP contribution in [-0.2, 0) is 4.79 Å². The number of anilines is 1. The van der Waals surface area contributed by atoms with Crippen LogP contribution in [-0.4, -0.2) is 24.7 Å². The number of nitrogens with zero attached hydrogens (tertiary/aromatic N) is 2. The molecular formula is C25H19Cl2N3O. The van der Waals surface area contributed by atoms with Crippen LogP contribution in [0, 0.1) is 0 Å². The number of carbonyl (C=O) groups excluding carboxylic acids is 1. The molecule has 2 aliphatic rings. The predicted molar refractivity (Wildman–Crippen MR) is 126 cm³/mol. The van der Waals surface area contributed by atoms with Gasteiger partial charge in [0.05, 0.1) is 18.3 Å². The van der Waals surface area contributed by atoms with Crippen molar-refractivity contribution in [3.63, 3.8) is 0 Å². The van der Waals surface area contributed by atoms with Gasteiger partial charge in [0.2, 0.25) is 0 Å². The Morgan fingerprint density at radius 1 is 0.935 bits per heavy atom. The highest BCUT2D eigenvalue weighted by Gasteiger charge is 2.44. The van der Waals surface area contributed by atoms with E-state index in [1.165, 1.54) is 0 Å². The van der Waals surface area contributed by atoms with E-state index in [-0.39, 0.29) is 5.91 Å². The summed E-state index contributed by atoms with van der Waals surface area (Å²) >= 11 is 12.9. The van der Waals surface area contributed by atoms with Crippen molar-refractivity contribution in [3.8, 4) is 0 Å². The molecule has 1 atom stereocenters. The van der Waals surface area contributed by atoms with Crippen molar-refractivity contribution in [2.75, 3.05) is 18.0 Å². The van der Waals surface area contributed by atoms with Crippen molar-refractivity contribution >= 4 is 40.5 Å². The molecule has 0 aliphatic carbocycles. The first-order chi connectivity index (χ1) is 15.1. The zero-order valence-electron chi connectivity index (χ0n) is 16.6. The van der Waals surface area contributed by atoms with Gasteiger partial charge in [-0.05, 0) is 29.8 Å². The smallest absolute Gasteiger partial charge is 0.275 e. The quantitative estimate of drug-likeness (QED) is 0.581. The highest BCUT2D eigenvalue weighted by Crippen LogP contribution is 2.44. The molecule has 5 rings (SSSR count). The van der Waals surface area contributed by atoms with Gasteiger partial charge >= 0.3 is 0 Å². The van der Waals surface area contributed by atoms with Crippen LogP contribution in [0.4, 0.5) is 5.69 Å². The van der Waals surface area contributed by atoms with E-state index in [0.717, 1.165) is 28.1 Å². The van der Waals surface area contributed by atoms with Crippen LogP contribution in [0.3, 0.4) is 0 Å². The van der Waals surface area contributed by atoms with Gasteiger partial charge in [0.15, 0.2) is 0 Å². The SMILES string of the molecule is O=C1C2=C(C(c3ccccc3)=NCCN2)C(c2ccc(Cl)cc2Cl)N1c1ccccc1. The first-order valence-electron chi connectivity index (χ1n) is 10.1. The zero-order valence-corrected chi connectivity index (χ0v) is 18.1. The lowest BCUT2D eigenvalue weighted by Gasteiger charge is -2.29. The number of rotatable bonds is 3. The van der Waals surface area contributed by atoms with Crippen LogP contribution >= 0.6 is 23.2 Å². The van der Waals surface area contributed by atoms with Gasteiger partial charge < -0.3 is 5.32 Å². The molecule has 0 radical (unpaired) electrons. The molecule has 154 valence electrons. The number of halogens is 2. The van der Waals surface area contributed by atoms with Crippen LogP contribution in [0.25, 0.3) is 0 Å². The summed E-state index contributed by atoms with van der Waals surface area (Å²) in [6.07, 6.45) is 0. The molecule has 3 aromatic rings. The van der Waals surface area contributed by atoms with Gasteiger partial charge in [0, 0.05) is 33.4 Å². The molecule has 1 N–H and O–H groups in total. The van der Waals surface area contributed by atoms with E-state index < -0.39 is 6.04 Å². The summed E-state index contributed by atoms with van der Waals surface area (Å²) in [6.45, 7) is 1.17. The van der Waals surface area contributed by atoms with Gasteiger partial charge in [0.1, 0.15) is 5.70 Å². The van der Waals surface area contributed by atoms with Gasteiger partial charge in [-0.25, -0.2) is 0 Å². The molecule has 0 bridgehead atoms. The second kappa shape index (κ2) is 8.22. The molecule has 6 heteroatoms. The molecule has 0 fully saturated rings. The minimum absolute atomic E-state index is 0.0947. The second-order valence-corrected chi connectivity index (χ2v) is 8.23. The molecule has 2 heterocycles. The number of benzene rings is 3. The Labute approximate surface area is 190 Å². The van der Waals surface area contributed by atoms with E-state index in [0.29, 0.717) is 28.8 Å². The van der Waals surface area contributed by atoms with Crippen LogP contribution in [0.5, 0.6) is 0 Å². The summed E-state index contributed by atoms with van der Waals surface area (Å²) in [5.41, 5.74) is 4.79. The molecule has 0 aromatic heterocycles. The Kier molecular flexibility index (Phi) is 5.26. The number of amides is 1. The van der Waals surface area contributed by atoms with Crippen LogP contribution in [0.2, 0.25) is 10.0 Å². The molecule has 0 spiro atoms. The number of hydrogen-bond donors (Lipinski definition) is 1. The maximum atomic E-state index is 13.7. The third-order valence-electron chi connectivity index (χ3n) is 5.51. The molecule has 0 saturated carbocycles.